The lowest BCUT2D eigenvalue weighted by Crippen LogP contribution is -2.49. The summed E-state index contributed by atoms with van der Waals surface area (Å²) in [5.41, 5.74) is 0.563. The van der Waals surface area contributed by atoms with Crippen LogP contribution in [0.2, 0.25) is 10.0 Å². The van der Waals surface area contributed by atoms with E-state index >= 15 is 0 Å². The zero-order valence-electron chi connectivity index (χ0n) is 10.7. The molecule has 2 nitrogen and oxygen atoms in total. The molecule has 0 saturated heterocycles. The normalized spacial score (nSPS) is 14.1. The van der Waals surface area contributed by atoms with Crippen molar-refractivity contribution in [1.29, 1.82) is 0 Å². The SMILES string of the molecule is CN(C)C(C)(C)C(O)Cc1cccc(Cl)c1Cl. The van der Waals surface area contributed by atoms with Crippen LogP contribution in [0.3, 0.4) is 0 Å². The number of aliphatic hydroxyl groups is 1. The van der Waals surface area contributed by atoms with Crippen molar-refractivity contribution in [2.24, 2.45) is 0 Å². The smallest absolute Gasteiger partial charge is 0.0758 e. The van der Waals surface area contributed by atoms with Gasteiger partial charge in [-0.1, -0.05) is 35.3 Å². The second kappa shape index (κ2) is 5.57. The highest BCUT2D eigenvalue weighted by Crippen LogP contribution is 2.28. The van der Waals surface area contributed by atoms with Gasteiger partial charge in [-0.3, -0.25) is 0 Å². The van der Waals surface area contributed by atoms with E-state index in [0.29, 0.717) is 16.5 Å². The number of aliphatic hydroxyl groups excluding tert-OH is 1. The van der Waals surface area contributed by atoms with Crippen LogP contribution in [0.5, 0.6) is 0 Å². The fourth-order valence-electron chi connectivity index (χ4n) is 1.46. The Labute approximate surface area is 113 Å². The fraction of sp³-hybridized carbons (Fsp3) is 0.538. The quantitative estimate of drug-likeness (QED) is 0.912. The summed E-state index contributed by atoms with van der Waals surface area (Å²) >= 11 is 12.1. The zero-order chi connectivity index (χ0) is 13.2. The number of nitrogens with zero attached hydrogens (tertiary/aromatic N) is 1. The minimum absolute atomic E-state index is 0.314. The van der Waals surface area contributed by atoms with Gasteiger partial charge in [0.05, 0.1) is 16.1 Å². The average Bonchev–Trinajstić information content (AvgIpc) is 2.24. The largest absolute Gasteiger partial charge is 0.391 e. The van der Waals surface area contributed by atoms with E-state index in [9.17, 15) is 5.11 Å². The van der Waals surface area contributed by atoms with Crippen molar-refractivity contribution in [3.8, 4) is 0 Å². The Morgan fingerprint density at radius 1 is 1.29 bits per heavy atom. The molecule has 1 aromatic rings. The molecule has 0 aliphatic carbocycles. The van der Waals surface area contributed by atoms with E-state index in [-0.39, 0.29) is 5.54 Å². The Bertz CT molecular complexity index is 391. The van der Waals surface area contributed by atoms with Gasteiger partial charge in [-0.05, 0) is 39.6 Å². The molecule has 4 heteroatoms. The van der Waals surface area contributed by atoms with Crippen molar-refractivity contribution in [3.63, 3.8) is 0 Å². The van der Waals surface area contributed by atoms with Crippen molar-refractivity contribution in [2.45, 2.75) is 31.9 Å². The predicted octanol–water partition coefficient (Wildman–Crippen LogP) is 3.24. The second-order valence-electron chi connectivity index (χ2n) is 4.98. The van der Waals surface area contributed by atoms with Gasteiger partial charge < -0.3 is 10.0 Å². The predicted molar refractivity (Wildman–Crippen MR) is 73.9 cm³/mol. The molecule has 17 heavy (non-hydrogen) atoms. The van der Waals surface area contributed by atoms with Crippen LogP contribution in [0.1, 0.15) is 19.4 Å². The van der Waals surface area contributed by atoms with E-state index in [1.54, 1.807) is 6.07 Å². The Morgan fingerprint density at radius 2 is 1.88 bits per heavy atom. The molecular weight excluding hydrogens is 257 g/mol. The molecule has 1 atom stereocenters. The molecule has 0 spiro atoms. The molecule has 96 valence electrons. The minimum Gasteiger partial charge on any atom is -0.391 e. The van der Waals surface area contributed by atoms with Gasteiger partial charge in [-0.25, -0.2) is 0 Å². The highest BCUT2D eigenvalue weighted by Gasteiger charge is 2.30. The number of rotatable bonds is 4. The van der Waals surface area contributed by atoms with Gasteiger partial charge >= 0.3 is 0 Å². The fourth-order valence-corrected chi connectivity index (χ4v) is 1.86. The molecule has 0 aliphatic heterocycles. The molecule has 0 heterocycles. The molecule has 0 aromatic heterocycles. The number of benzene rings is 1. The average molecular weight is 276 g/mol. The molecule has 0 aliphatic rings. The molecule has 1 aromatic carbocycles. The van der Waals surface area contributed by atoms with Crippen LogP contribution in [0.15, 0.2) is 18.2 Å². The Balaban J connectivity index is 2.88. The van der Waals surface area contributed by atoms with Crippen LogP contribution in [0.4, 0.5) is 0 Å². The van der Waals surface area contributed by atoms with Gasteiger partial charge in [0.1, 0.15) is 0 Å². The zero-order valence-corrected chi connectivity index (χ0v) is 12.2. The number of hydrogen-bond acceptors (Lipinski definition) is 2. The maximum absolute atomic E-state index is 10.3. The van der Waals surface area contributed by atoms with E-state index in [1.165, 1.54) is 0 Å². The Kier molecular flexibility index (Phi) is 4.85. The first-order valence-corrected chi connectivity index (χ1v) is 6.30. The van der Waals surface area contributed by atoms with Crippen LogP contribution < -0.4 is 0 Å². The third-order valence-corrected chi connectivity index (χ3v) is 4.27. The number of halogens is 2. The lowest BCUT2D eigenvalue weighted by molar-refractivity contribution is 0.0183. The van der Waals surface area contributed by atoms with Crippen LogP contribution in [0, 0.1) is 0 Å². The Hall–Kier alpha value is -0.280. The third kappa shape index (κ3) is 3.35. The van der Waals surface area contributed by atoms with E-state index in [2.05, 4.69) is 0 Å². The number of hydrogen-bond donors (Lipinski definition) is 1. The maximum Gasteiger partial charge on any atom is 0.0758 e. The van der Waals surface area contributed by atoms with Crippen LogP contribution in [-0.2, 0) is 6.42 Å². The summed E-state index contributed by atoms with van der Waals surface area (Å²) in [6, 6.07) is 5.49. The van der Waals surface area contributed by atoms with Gasteiger partial charge in [0.2, 0.25) is 0 Å². The molecule has 0 radical (unpaired) electrons. The lowest BCUT2D eigenvalue weighted by Gasteiger charge is -2.37. The summed E-state index contributed by atoms with van der Waals surface area (Å²) in [7, 11) is 3.89. The summed E-state index contributed by atoms with van der Waals surface area (Å²) < 4.78 is 0. The monoisotopic (exact) mass is 275 g/mol. The van der Waals surface area contributed by atoms with E-state index in [4.69, 9.17) is 23.2 Å². The van der Waals surface area contributed by atoms with Gasteiger partial charge in [-0.15, -0.1) is 0 Å². The molecule has 0 amide bonds. The summed E-state index contributed by atoms with van der Waals surface area (Å²) in [5, 5.41) is 11.3. The third-order valence-electron chi connectivity index (χ3n) is 3.41. The van der Waals surface area contributed by atoms with Crippen LogP contribution in [-0.4, -0.2) is 35.7 Å². The van der Waals surface area contributed by atoms with Crippen molar-refractivity contribution in [2.75, 3.05) is 14.1 Å². The lowest BCUT2D eigenvalue weighted by atomic mass is 9.91. The maximum atomic E-state index is 10.3. The molecular formula is C13H19Cl2NO. The molecule has 1 rings (SSSR count). The second-order valence-corrected chi connectivity index (χ2v) is 5.77. The van der Waals surface area contributed by atoms with Gasteiger partial charge in [0.15, 0.2) is 0 Å². The van der Waals surface area contributed by atoms with E-state index in [0.717, 1.165) is 5.56 Å². The summed E-state index contributed by atoms with van der Waals surface area (Å²) in [6.45, 7) is 3.99. The van der Waals surface area contributed by atoms with Crippen molar-refractivity contribution < 1.29 is 5.11 Å². The molecule has 1 unspecified atom stereocenters. The van der Waals surface area contributed by atoms with Crippen molar-refractivity contribution in [1.82, 2.24) is 4.90 Å². The Morgan fingerprint density at radius 3 is 2.41 bits per heavy atom. The summed E-state index contributed by atoms with van der Waals surface area (Å²) in [5.74, 6) is 0. The van der Waals surface area contributed by atoms with Crippen molar-refractivity contribution in [3.05, 3.63) is 33.8 Å². The highest BCUT2D eigenvalue weighted by molar-refractivity contribution is 6.42. The van der Waals surface area contributed by atoms with Crippen LogP contribution in [0.25, 0.3) is 0 Å². The highest BCUT2D eigenvalue weighted by atomic mass is 35.5. The van der Waals surface area contributed by atoms with Gasteiger partial charge in [0.25, 0.3) is 0 Å². The first-order chi connectivity index (χ1) is 7.76. The molecule has 1 N–H and O–H groups in total. The van der Waals surface area contributed by atoms with E-state index < -0.39 is 6.10 Å². The molecule has 0 fully saturated rings. The number of likely N-dealkylation sites (N-methyl/N-ethyl adjacent to an activating group) is 1. The summed E-state index contributed by atoms with van der Waals surface area (Å²) in [4.78, 5) is 2.00. The van der Waals surface area contributed by atoms with Gasteiger partial charge in [-0.2, -0.15) is 0 Å². The first-order valence-electron chi connectivity index (χ1n) is 5.55. The first kappa shape index (κ1) is 14.8. The summed E-state index contributed by atoms with van der Waals surface area (Å²) in [6.07, 6.45) is -0.0154. The van der Waals surface area contributed by atoms with E-state index in [1.807, 2.05) is 45.0 Å². The minimum atomic E-state index is -0.506. The van der Waals surface area contributed by atoms with Gasteiger partial charge in [0, 0.05) is 12.0 Å². The topological polar surface area (TPSA) is 23.5 Å². The van der Waals surface area contributed by atoms with Crippen LogP contribution >= 0.6 is 23.2 Å². The van der Waals surface area contributed by atoms with Crippen molar-refractivity contribution >= 4 is 23.2 Å². The standard InChI is InChI=1S/C13H19Cl2NO/c1-13(2,16(3)4)11(17)8-9-6-5-7-10(14)12(9)15/h5-7,11,17H,8H2,1-4H3. The molecule has 0 bridgehead atoms. The molecule has 0 saturated carbocycles.